The largest absolute Gasteiger partial charge is 0.486 e. The van der Waals surface area contributed by atoms with Crippen LogP contribution in [-0.4, -0.2) is 45.2 Å². The number of anilines is 1. The molecule has 1 aromatic carbocycles. The first-order valence-electron chi connectivity index (χ1n) is 9.35. The van der Waals surface area contributed by atoms with Crippen molar-refractivity contribution in [1.29, 1.82) is 0 Å². The fourth-order valence-corrected chi connectivity index (χ4v) is 3.01. The van der Waals surface area contributed by atoms with E-state index in [1.54, 1.807) is 29.4 Å². The number of benzene rings is 1. The van der Waals surface area contributed by atoms with E-state index in [2.05, 4.69) is 25.6 Å². The molecule has 0 fully saturated rings. The second-order valence-corrected chi connectivity index (χ2v) is 6.71. The van der Waals surface area contributed by atoms with Crippen LogP contribution in [0.1, 0.15) is 24.2 Å². The Morgan fingerprint density at radius 1 is 1.21 bits per heavy atom. The summed E-state index contributed by atoms with van der Waals surface area (Å²) in [4.78, 5) is 25.2. The van der Waals surface area contributed by atoms with Gasteiger partial charge in [0.2, 0.25) is 11.9 Å². The lowest BCUT2D eigenvalue weighted by molar-refractivity contribution is -0.120. The van der Waals surface area contributed by atoms with Gasteiger partial charge in [-0.15, -0.1) is 0 Å². The molecule has 1 aliphatic heterocycles. The second kappa shape index (κ2) is 8.17. The molecule has 0 saturated heterocycles. The monoisotopic (exact) mass is 394 g/mol. The number of rotatable bonds is 6. The Morgan fingerprint density at radius 2 is 2.03 bits per heavy atom. The van der Waals surface area contributed by atoms with Crippen molar-refractivity contribution in [3.05, 3.63) is 54.2 Å². The van der Waals surface area contributed by atoms with Gasteiger partial charge in [0.15, 0.2) is 11.5 Å². The molecule has 2 N–H and O–H groups in total. The molecule has 1 amide bonds. The maximum absolute atomic E-state index is 12.4. The number of nitrogens with one attached hydrogen (secondary N) is 2. The molecule has 1 atom stereocenters. The summed E-state index contributed by atoms with van der Waals surface area (Å²) >= 11 is 0. The summed E-state index contributed by atoms with van der Waals surface area (Å²) in [5.74, 6) is 2.36. The number of amides is 1. The van der Waals surface area contributed by atoms with Crippen LogP contribution < -0.4 is 20.1 Å². The second-order valence-electron chi connectivity index (χ2n) is 6.71. The molecule has 0 aliphatic carbocycles. The fraction of sp³-hybridized carbons (Fsp3) is 0.300. The van der Waals surface area contributed by atoms with Crippen molar-refractivity contribution in [2.45, 2.75) is 19.9 Å². The molecule has 0 bridgehead atoms. The van der Waals surface area contributed by atoms with Gasteiger partial charge in [-0.2, -0.15) is 4.98 Å². The SMILES string of the molecule is Cc1cc(NCC(=O)NC(C)c2ccc3c(c2)OCCO3)nc(-n2ccnc2)n1. The first kappa shape index (κ1) is 18.7. The highest BCUT2D eigenvalue weighted by Gasteiger charge is 2.16. The fourth-order valence-electron chi connectivity index (χ4n) is 3.01. The Labute approximate surface area is 168 Å². The number of hydrogen-bond acceptors (Lipinski definition) is 7. The smallest absolute Gasteiger partial charge is 0.239 e. The Hall–Kier alpha value is -3.62. The van der Waals surface area contributed by atoms with Crippen LogP contribution >= 0.6 is 0 Å². The zero-order chi connectivity index (χ0) is 20.2. The molecule has 150 valence electrons. The highest BCUT2D eigenvalue weighted by molar-refractivity contribution is 5.80. The Kier molecular flexibility index (Phi) is 5.28. The predicted octanol–water partition coefficient (Wildman–Crippen LogP) is 2.03. The average Bonchev–Trinajstić information content (AvgIpc) is 3.26. The number of fused-ring (bicyclic) bond motifs is 1. The molecule has 3 heterocycles. The van der Waals surface area contributed by atoms with Crippen molar-refractivity contribution in [1.82, 2.24) is 24.8 Å². The number of hydrogen-bond donors (Lipinski definition) is 2. The third-order valence-electron chi connectivity index (χ3n) is 4.45. The quantitative estimate of drug-likeness (QED) is 0.659. The summed E-state index contributed by atoms with van der Waals surface area (Å²) < 4.78 is 12.9. The molecule has 9 heteroatoms. The van der Waals surface area contributed by atoms with Gasteiger partial charge in [0, 0.05) is 24.2 Å². The van der Waals surface area contributed by atoms with Gasteiger partial charge in [-0.3, -0.25) is 9.36 Å². The van der Waals surface area contributed by atoms with Crippen LogP contribution in [0.15, 0.2) is 43.0 Å². The van der Waals surface area contributed by atoms with Gasteiger partial charge in [0.1, 0.15) is 25.4 Å². The molecule has 9 nitrogen and oxygen atoms in total. The lowest BCUT2D eigenvalue weighted by atomic mass is 10.1. The van der Waals surface area contributed by atoms with Crippen LogP contribution in [0.4, 0.5) is 5.82 Å². The first-order chi connectivity index (χ1) is 14.1. The molecule has 4 rings (SSSR count). The molecule has 0 spiro atoms. The van der Waals surface area contributed by atoms with Crippen molar-refractivity contribution >= 4 is 11.7 Å². The van der Waals surface area contributed by atoms with E-state index < -0.39 is 0 Å². The number of aryl methyl sites for hydroxylation is 1. The topological polar surface area (TPSA) is 103 Å². The minimum Gasteiger partial charge on any atom is -0.486 e. The summed E-state index contributed by atoms with van der Waals surface area (Å²) in [6.07, 6.45) is 5.05. The van der Waals surface area contributed by atoms with Gasteiger partial charge < -0.3 is 20.1 Å². The lowest BCUT2D eigenvalue weighted by Gasteiger charge is -2.21. The van der Waals surface area contributed by atoms with Crippen molar-refractivity contribution in [3.8, 4) is 17.4 Å². The Balaban J connectivity index is 1.36. The van der Waals surface area contributed by atoms with E-state index in [0.29, 0.717) is 30.7 Å². The third-order valence-corrected chi connectivity index (χ3v) is 4.45. The zero-order valence-electron chi connectivity index (χ0n) is 16.3. The summed E-state index contributed by atoms with van der Waals surface area (Å²) in [5, 5.41) is 6.03. The van der Waals surface area contributed by atoms with Crippen LogP contribution in [0.2, 0.25) is 0 Å². The summed E-state index contributed by atoms with van der Waals surface area (Å²) in [5.41, 5.74) is 1.74. The molecular formula is C20H22N6O3. The Bertz CT molecular complexity index is 1010. The molecule has 29 heavy (non-hydrogen) atoms. The molecular weight excluding hydrogens is 372 g/mol. The van der Waals surface area contributed by atoms with E-state index in [-0.39, 0.29) is 18.5 Å². The van der Waals surface area contributed by atoms with Gasteiger partial charge in [-0.05, 0) is 31.5 Å². The number of ether oxygens (including phenoxy) is 2. The van der Waals surface area contributed by atoms with E-state index >= 15 is 0 Å². The number of carbonyl (C=O) groups is 1. The number of aromatic nitrogens is 4. The van der Waals surface area contributed by atoms with Gasteiger partial charge in [0.05, 0.1) is 12.6 Å². The standard InChI is InChI=1S/C20H22N6O3/c1-13-9-18(25-20(23-13)26-6-5-21-12-26)22-11-19(27)24-14(2)15-3-4-16-17(10-15)29-8-7-28-16/h3-6,9-10,12,14H,7-8,11H2,1-2H3,(H,24,27)(H,22,23,25). The van der Waals surface area contributed by atoms with E-state index in [0.717, 1.165) is 17.0 Å². The lowest BCUT2D eigenvalue weighted by Crippen LogP contribution is -2.32. The minimum atomic E-state index is -0.172. The van der Waals surface area contributed by atoms with Gasteiger partial charge in [-0.1, -0.05) is 6.07 Å². The summed E-state index contributed by atoms with van der Waals surface area (Å²) in [6, 6.07) is 7.31. The van der Waals surface area contributed by atoms with Crippen LogP contribution in [0.3, 0.4) is 0 Å². The number of nitrogens with zero attached hydrogens (tertiary/aromatic N) is 4. The minimum absolute atomic E-state index is 0.0920. The third kappa shape index (κ3) is 4.45. The van der Waals surface area contributed by atoms with E-state index in [4.69, 9.17) is 9.47 Å². The van der Waals surface area contributed by atoms with E-state index in [9.17, 15) is 4.79 Å². The van der Waals surface area contributed by atoms with Crippen molar-refractivity contribution in [3.63, 3.8) is 0 Å². The maximum Gasteiger partial charge on any atom is 0.239 e. The first-order valence-corrected chi connectivity index (χ1v) is 9.35. The van der Waals surface area contributed by atoms with Crippen LogP contribution in [0, 0.1) is 6.92 Å². The van der Waals surface area contributed by atoms with Gasteiger partial charge in [-0.25, -0.2) is 9.97 Å². The van der Waals surface area contributed by atoms with E-state index in [1.807, 2.05) is 32.0 Å². The molecule has 1 aliphatic rings. The highest BCUT2D eigenvalue weighted by atomic mass is 16.6. The number of carbonyl (C=O) groups excluding carboxylic acids is 1. The molecule has 3 aromatic rings. The van der Waals surface area contributed by atoms with E-state index in [1.165, 1.54) is 0 Å². The van der Waals surface area contributed by atoms with Crippen molar-refractivity contribution < 1.29 is 14.3 Å². The molecule has 0 saturated carbocycles. The molecule has 2 aromatic heterocycles. The summed E-state index contributed by atoms with van der Waals surface area (Å²) in [6.45, 7) is 4.97. The Morgan fingerprint density at radius 3 is 2.83 bits per heavy atom. The van der Waals surface area contributed by atoms with Gasteiger partial charge >= 0.3 is 0 Å². The van der Waals surface area contributed by atoms with Crippen LogP contribution in [0.25, 0.3) is 5.95 Å². The van der Waals surface area contributed by atoms with Crippen LogP contribution in [-0.2, 0) is 4.79 Å². The molecule has 0 radical (unpaired) electrons. The molecule has 1 unspecified atom stereocenters. The normalized spacial score (nSPS) is 13.6. The maximum atomic E-state index is 12.4. The average molecular weight is 394 g/mol. The van der Waals surface area contributed by atoms with Gasteiger partial charge in [0.25, 0.3) is 0 Å². The number of imidazole rings is 1. The van der Waals surface area contributed by atoms with Crippen LogP contribution in [0.5, 0.6) is 11.5 Å². The summed E-state index contributed by atoms with van der Waals surface area (Å²) in [7, 11) is 0. The zero-order valence-corrected chi connectivity index (χ0v) is 16.3. The van der Waals surface area contributed by atoms with Crippen molar-refractivity contribution in [2.24, 2.45) is 0 Å². The predicted molar refractivity (Wildman–Crippen MR) is 106 cm³/mol. The highest BCUT2D eigenvalue weighted by Crippen LogP contribution is 2.32. The van der Waals surface area contributed by atoms with Crippen molar-refractivity contribution in [2.75, 3.05) is 25.1 Å².